The molecule has 46 heavy (non-hydrogen) atoms. The van der Waals surface area contributed by atoms with Crippen molar-refractivity contribution in [2.75, 3.05) is 18.4 Å². The molecule has 234 valence electrons. The van der Waals surface area contributed by atoms with Crippen LogP contribution in [0.25, 0.3) is 33.6 Å². The molecule has 0 saturated carbocycles. The van der Waals surface area contributed by atoms with Crippen LogP contribution in [0.2, 0.25) is 0 Å². The number of anilines is 1. The maximum Gasteiger partial charge on any atom is 0.246 e. The Morgan fingerprint density at radius 3 is 1.85 bits per heavy atom. The van der Waals surface area contributed by atoms with Gasteiger partial charge in [0.25, 0.3) is 0 Å². The Morgan fingerprint density at radius 1 is 0.783 bits per heavy atom. The monoisotopic (exact) mass is 613 g/mol. The summed E-state index contributed by atoms with van der Waals surface area (Å²) in [6.07, 6.45) is 11.4. The van der Waals surface area contributed by atoms with Gasteiger partial charge in [0.05, 0.1) is 35.9 Å². The number of carbonyl (C=O) groups is 1. The highest BCUT2D eigenvalue weighted by Gasteiger charge is 2.37. The Kier molecular flexibility index (Phi) is 8.40. The highest BCUT2D eigenvalue weighted by atomic mass is 16.2. The van der Waals surface area contributed by atoms with E-state index in [0.29, 0.717) is 18.5 Å². The van der Waals surface area contributed by atoms with Crippen molar-refractivity contribution in [1.29, 1.82) is 0 Å². The van der Waals surface area contributed by atoms with Crippen molar-refractivity contribution in [3.63, 3.8) is 0 Å². The first kappa shape index (κ1) is 29.9. The summed E-state index contributed by atoms with van der Waals surface area (Å²) in [5.41, 5.74) is 6.49. The molecule has 10 nitrogen and oxygen atoms in total. The predicted octanol–water partition coefficient (Wildman–Crippen LogP) is 5.41. The van der Waals surface area contributed by atoms with Crippen LogP contribution in [0.5, 0.6) is 0 Å². The van der Waals surface area contributed by atoms with Gasteiger partial charge in [-0.05, 0) is 66.5 Å². The molecule has 0 bridgehead atoms. The summed E-state index contributed by atoms with van der Waals surface area (Å²) in [5.74, 6) is 2.46. The van der Waals surface area contributed by atoms with Gasteiger partial charge in [-0.3, -0.25) is 4.79 Å². The maximum atomic E-state index is 13.8. The normalized spacial score (nSPS) is 19.2. The number of imidazole rings is 2. The lowest BCUT2D eigenvalue weighted by atomic mass is 10.0. The van der Waals surface area contributed by atoms with E-state index in [9.17, 15) is 4.79 Å². The highest BCUT2D eigenvalue weighted by molar-refractivity contribution is 6.04. The van der Waals surface area contributed by atoms with Crippen LogP contribution in [0.1, 0.15) is 63.3 Å². The summed E-state index contributed by atoms with van der Waals surface area (Å²) in [7, 11) is 2.17. The first-order valence-corrected chi connectivity index (χ1v) is 16.3. The number of nitrogens with one attached hydrogen (secondary N) is 3. The predicted molar refractivity (Wildman–Crippen MR) is 182 cm³/mol. The summed E-state index contributed by atoms with van der Waals surface area (Å²) >= 11 is 0. The molecule has 3 aromatic heterocycles. The van der Waals surface area contributed by atoms with Crippen molar-refractivity contribution in [2.45, 2.75) is 57.7 Å². The van der Waals surface area contributed by atoms with Gasteiger partial charge in [-0.1, -0.05) is 62.4 Å². The number of aromatic nitrogens is 6. The number of hydrogen-bond acceptors (Lipinski definition) is 7. The van der Waals surface area contributed by atoms with Crippen LogP contribution < -0.4 is 5.32 Å². The SMILES string of the molecule is BN1CCC[C@@H]1c1ncc(-c2ccc(-c3ccc(-c4cnc([C@@H]5CCCN5C(=O)[C@@H](Nc5ncccn5)C(C)C)[nH]4)cc3)cc2)[nH]1. The number of benzene rings is 2. The molecule has 2 saturated heterocycles. The van der Waals surface area contributed by atoms with Crippen LogP contribution in [0.4, 0.5) is 5.95 Å². The second-order valence-corrected chi connectivity index (χ2v) is 12.8. The third kappa shape index (κ3) is 6.07. The third-order valence-corrected chi connectivity index (χ3v) is 9.39. The van der Waals surface area contributed by atoms with Crippen molar-refractivity contribution < 1.29 is 4.79 Å². The van der Waals surface area contributed by atoms with Gasteiger partial charge in [0, 0.05) is 18.9 Å². The lowest BCUT2D eigenvalue weighted by molar-refractivity contribution is -0.134. The maximum absolute atomic E-state index is 13.8. The number of aromatic amines is 2. The minimum atomic E-state index is -0.421. The van der Waals surface area contributed by atoms with E-state index in [4.69, 9.17) is 4.98 Å². The molecule has 1 amide bonds. The molecule has 2 aliphatic heterocycles. The van der Waals surface area contributed by atoms with E-state index in [1.165, 1.54) is 6.42 Å². The molecule has 5 aromatic rings. The molecule has 0 radical (unpaired) electrons. The molecule has 3 atom stereocenters. The molecule has 0 spiro atoms. The molecule has 2 aliphatic rings. The van der Waals surface area contributed by atoms with Crippen LogP contribution in [0, 0.1) is 5.92 Å². The van der Waals surface area contributed by atoms with Gasteiger partial charge in [-0.2, -0.15) is 0 Å². The van der Waals surface area contributed by atoms with E-state index in [-0.39, 0.29) is 17.9 Å². The number of hydrogen-bond donors (Lipinski definition) is 3. The van der Waals surface area contributed by atoms with Gasteiger partial charge in [-0.25, -0.2) is 19.9 Å². The van der Waals surface area contributed by atoms with Crippen LogP contribution >= 0.6 is 0 Å². The molecule has 7 rings (SSSR count). The van der Waals surface area contributed by atoms with E-state index in [0.717, 1.165) is 71.1 Å². The molecule has 2 fully saturated rings. The Balaban J connectivity index is 1.02. The molecule has 3 N–H and O–H groups in total. The van der Waals surface area contributed by atoms with Gasteiger partial charge >= 0.3 is 0 Å². The summed E-state index contributed by atoms with van der Waals surface area (Å²) in [6.45, 7) is 5.90. The summed E-state index contributed by atoms with van der Waals surface area (Å²) in [4.78, 5) is 43.1. The van der Waals surface area contributed by atoms with Crippen molar-refractivity contribution in [3.05, 3.63) is 91.0 Å². The highest BCUT2D eigenvalue weighted by Crippen LogP contribution is 2.34. The standard InChI is InChI=1S/C35H40BN9O/c1-22(2)31(43-35-37-16-5-17-38-35)34(46)44-18-3-6-29(44)32-39-20-27(41-32)25-12-8-23(9-13-25)24-10-14-26(15-11-24)28-21-40-33(42-28)30-7-4-19-45(30)36/h5,8-17,20-22,29-31H,3-4,6-7,18-19,36H2,1-2H3,(H,39,41)(H,40,42)(H,37,38,43)/t29-,30+,31-/m0/s1. The van der Waals surface area contributed by atoms with Gasteiger partial charge < -0.3 is 25.0 Å². The van der Waals surface area contributed by atoms with Gasteiger partial charge in [-0.15, -0.1) is 0 Å². The third-order valence-electron chi connectivity index (χ3n) is 9.39. The number of amides is 1. The smallest absolute Gasteiger partial charge is 0.246 e. The Bertz CT molecular complexity index is 1770. The molecule has 11 heteroatoms. The Hall–Kier alpha value is -4.77. The number of nitrogens with zero attached hydrogens (tertiary/aromatic N) is 6. The number of H-pyrrole nitrogens is 2. The lowest BCUT2D eigenvalue weighted by Gasteiger charge is -2.30. The molecular formula is C35H40BN9O. The zero-order valence-corrected chi connectivity index (χ0v) is 26.6. The fourth-order valence-electron chi connectivity index (χ4n) is 6.77. The first-order valence-electron chi connectivity index (χ1n) is 16.3. The molecular weight excluding hydrogens is 573 g/mol. The van der Waals surface area contributed by atoms with Crippen LogP contribution in [-0.2, 0) is 4.79 Å². The van der Waals surface area contributed by atoms with Gasteiger partial charge in [0.1, 0.15) is 17.7 Å². The van der Waals surface area contributed by atoms with Crippen molar-refractivity contribution in [1.82, 2.24) is 39.6 Å². The average molecular weight is 614 g/mol. The second kappa shape index (κ2) is 12.9. The van der Waals surface area contributed by atoms with E-state index in [1.807, 2.05) is 31.1 Å². The molecule has 0 unspecified atom stereocenters. The Labute approximate surface area is 270 Å². The van der Waals surface area contributed by atoms with E-state index >= 15 is 0 Å². The molecule has 5 heterocycles. The van der Waals surface area contributed by atoms with Crippen molar-refractivity contribution in [3.8, 4) is 33.6 Å². The minimum absolute atomic E-state index is 0.0488. The lowest BCUT2D eigenvalue weighted by Crippen LogP contribution is -2.45. The van der Waals surface area contributed by atoms with E-state index in [2.05, 4.69) is 91.6 Å². The number of likely N-dealkylation sites (tertiary alicyclic amines) is 1. The quantitative estimate of drug-likeness (QED) is 0.190. The van der Waals surface area contributed by atoms with E-state index in [1.54, 1.807) is 18.5 Å². The second-order valence-electron chi connectivity index (χ2n) is 12.8. The fourth-order valence-corrected chi connectivity index (χ4v) is 6.77. The summed E-state index contributed by atoms with van der Waals surface area (Å²) in [6, 6.07) is 18.8. The van der Waals surface area contributed by atoms with Gasteiger partial charge in [0.2, 0.25) is 11.9 Å². The first-order chi connectivity index (χ1) is 22.4. The fraction of sp³-hybridized carbons (Fsp3) is 0.343. The average Bonchev–Trinajstić information content (AvgIpc) is 3.91. The largest absolute Gasteiger partial charge is 0.342 e. The zero-order chi connectivity index (χ0) is 31.6. The summed E-state index contributed by atoms with van der Waals surface area (Å²) < 4.78 is 0. The zero-order valence-electron chi connectivity index (χ0n) is 26.6. The Morgan fingerprint density at radius 2 is 1.30 bits per heavy atom. The van der Waals surface area contributed by atoms with Crippen LogP contribution in [-0.4, -0.2) is 72.6 Å². The van der Waals surface area contributed by atoms with E-state index < -0.39 is 6.04 Å². The topological polar surface area (TPSA) is 119 Å². The minimum Gasteiger partial charge on any atom is -0.342 e. The van der Waals surface area contributed by atoms with Gasteiger partial charge in [0.15, 0.2) is 7.98 Å². The number of carbonyl (C=O) groups excluding carboxylic acids is 1. The summed E-state index contributed by atoms with van der Waals surface area (Å²) in [5, 5.41) is 3.25. The van der Waals surface area contributed by atoms with Crippen LogP contribution in [0.15, 0.2) is 79.4 Å². The van der Waals surface area contributed by atoms with Crippen LogP contribution in [0.3, 0.4) is 0 Å². The van der Waals surface area contributed by atoms with Crippen molar-refractivity contribution >= 4 is 19.8 Å². The molecule has 2 aromatic carbocycles. The van der Waals surface area contributed by atoms with Crippen molar-refractivity contribution in [2.24, 2.45) is 5.92 Å². The molecule has 0 aliphatic carbocycles. The number of rotatable bonds is 9.